The lowest BCUT2D eigenvalue weighted by Crippen LogP contribution is -2.38. The van der Waals surface area contributed by atoms with Crippen molar-refractivity contribution in [3.8, 4) is 0 Å². The molecule has 0 unspecified atom stereocenters. The van der Waals surface area contributed by atoms with Crippen molar-refractivity contribution in [1.29, 1.82) is 0 Å². The van der Waals surface area contributed by atoms with Crippen LogP contribution in [0.4, 0.5) is 4.79 Å². The largest absolute Gasteiger partial charge is 0.465 e. The van der Waals surface area contributed by atoms with Crippen molar-refractivity contribution in [2.75, 3.05) is 26.0 Å². The number of thiazole rings is 1. The number of thioether (sulfide) groups is 1. The van der Waals surface area contributed by atoms with Crippen LogP contribution in [-0.4, -0.2) is 63.3 Å². The number of fused-ring (bicyclic) bond motifs is 3. The monoisotopic (exact) mass is 426 g/mol. The summed E-state index contributed by atoms with van der Waals surface area (Å²) in [4.78, 5) is 55.2. The molecule has 1 aliphatic rings. The topological polar surface area (TPSA) is 130 Å². The number of carbonyl (C=O) groups is 3. The number of carboxylic acid groups (broad SMARTS) is 1. The molecular weight excluding hydrogens is 408 g/mol. The molecular formula is C16H18N4O6S2. The first-order valence-corrected chi connectivity index (χ1v) is 10.4. The van der Waals surface area contributed by atoms with Crippen molar-refractivity contribution in [3.63, 3.8) is 0 Å². The second-order valence-corrected chi connectivity index (χ2v) is 7.69. The summed E-state index contributed by atoms with van der Waals surface area (Å²) < 4.78 is 6.14. The Kier molecular flexibility index (Phi) is 5.89. The Morgan fingerprint density at radius 3 is 2.79 bits per heavy atom. The van der Waals surface area contributed by atoms with E-state index in [4.69, 9.17) is 4.74 Å². The van der Waals surface area contributed by atoms with E-state index in [0.29, 0.717) is 17.1 Å². The van der Waals surface area contributed by atoms with Gasteiger partial charge in [0.15, 0.2) is 4.96 Å². The highest BCUT2D eigenvalue weighted by atomic mass is 32.2. The van der Waals surface area contributed by atoms with Gasteiger partial charge in [-0.2, -0.15) is 0 Å². The van der Waals surface area contributed by atoms with E-state index in [1.54, 1.807) is 13.2 Å². The van der Waals surface area contributed by atoms with Crippen LogP contribution in [0.15, 0.2) is 9.82 Å². The number of ether oxygens (including phenoxy) is 1. The number of aromatic nitrogens is 2. The number of carbonyl (C=O) groups excluding carboxylic acids is 2. The standard InChI is InChI=1S/C16H18N4O6S2/c1-3-26-10(21)6-17-12(22)11-13(27-2)18-15-20(14(11)23)8-4-5-19(16(24)25)7-9(8)28-15/h3-7H2,1-2H3,(H,17,22)(H,24,25). The highest BCUT2D eigenvalue weighted by Crippen LogP contribution is 2.28. The Morgan fingerprint density at radius 2 is 2.14 bits per heavy atom. The van der Waals surface area contributed by atoms with Crippen LogP contribution in [-0.2, 0) is 22.5 Å². The van der Waals surface area contributed by atoms with E-state index in [1.165, 1.54) is 20.6 Å². The van der Waals surface area contributed by atoms with E-state index >= 15 is 0 Å². The Morgan fingerprint density at radius 1 is 1.39 bits per heavy atom. The van der Waals surface area contributed by atoms with E-state index in [0.717, 1.165) is 16.6 Å². The number of amides is 2. The third kappa shape index (κ3) is 3.69. The summed E-state index contributed by atoms with van der Waals surface area (Å²) in [7, 11) is 0. The maximum atomic E-state index is 13.1. The molecule has 28 heavy (non-hydrogen) atoms. The van der Waals surface area contributed by atoms with Crippen molar-refractivity contribution in [1.82, 2.24) is 19.6 Å². The van der Waals surface area contributed by atoms with E-state index in [1.807, 2.05) is 0 Å². The zero-order valence-corrected chi connectivity index (χ0v) is 16.8. The van der Waals surface area contributed by atoms with Gasteiger partial charge in [-0.25, -0.2) is 9.78 Å². The number of rotatable bonds is 5. The summed E-state index contributed by atoms with van der Waals surface area (Å²) in [5.41, 5.74) is -0.00496. The summed E-state index contributed by atoms with van der Waals surface area (Å²) >= 11 is 2.39. The lowest BCUT2D eigenvalue weighted by Gasteiger charge is -2.23. The molecule has 3 heterocycles. The Bertz CT molecular complexity index is 1010. The first kappa shape index (κ1) is 20.1. The second-order valence-electron chi connectivity index (χ2n) is 5.83. The zero-order valence-electron chi connectivity index (χ0n) is 15.2. The van der Waals surface area contributed by atoms with E-state index in [9.17, 15) is 24.3 Å². The summed E-state index contributed by atoms with van der Waals surface area (Å²) in [6.45, 7) is 1.93. The normalized spacial score (nSPS) is 13.3. The summed E-state index contributed by atoms with van der Waals surface area (Å²) in [6, 6.07) is 0. The van der Waals surface area contributed by atoms with Gasteiger partial charge in [-0.1, -0.05) is 11.3 Å². The van der Waals surface area contributed by atoms with Gasteiger partial charge in [0.25, 0.3) is 11.5 Å². The van der Waals surface area contributed by atoms with Crippen LogP contribution < -0.4 is 10.9 Å². The Labute approximate surface area is 167 Å². The number of hydrogen-bond donors (Lipinski definition) is 2. The Hall–Kier alpha value is -2.60. The average Bonchev–Trinajstić information content (AvgIpc) is 3.03. The molecule has 3 rings (SSSR count). The predicted octanol–water partition coefficient (Wildman–Crippen LogP) is 0.807. The molecule has 0 saturated heterocycles. The fourth-order valence-corrected chi connectivity index (χ4v) is 4.70. The molecule has 2 aromatic rings. The molecule has 0 saturated carbocycles. The molecule has 1 aliphatic heterocycles. The lowest BCUT2D eigenvalue weighted by atomic mass is 10.2. The summed E-state index contributed by atoms with van der Waals surface area (Å²) in [5.74, 6) is -1.30. The molecule has 10 nitrogen and oxygen atoms in total. The Balaban J connectivity index is 2.01. The predicted molar refractivity (Wildman–Crippen MR) is 102 cm³/mol. The first-order valence-electron chi connectivity index (χ1n) is 8.40. The van der Waals surface area contributed by atoms with Crippen molar-refractivity contribution in [2.24, 2.45) is 0 Å². The highest BCUT2D eigenvalue weighted by Gasteiger charge is 2.28. The van der Waals surface area contributed by atoms with Crippen LogP contribution in [0.5, 0.6) is 0 Å². The molecule has 0 radical (unpaired) electrons. The van der Waals surface area contributed by atoms with Gasteiger partial charge in [0.2, 0.25) is 0 Å². The molecule has 0 aliphatic carbocycles. The number of nitrogens with zero attached hydrogens (tertiary/aromatic N) is 3. The maximum absolute atomic E-state index is 13.1. The molecule has 150 valence electrons. The first-order chi connectivity index (χ1) is 13.4. The van der Waals surface area contributed by atoms with Gasteiger partial charge in [-0.3, -0.25) is 18.8 Å². The molecule has 12 heteroatoms. The third-order valence-electron chi connectivity index (χ3n) is 4.17. The minimum atomic E-state index is -1.02. The van der Waals surface area contributed by atoms with Gasteiger partial charge >= 0.3 is 12.1 Å². The van der Waals surface area contributed by atoms with Gasteiger partial charge in [-0.15, -0.1) is 11.8 Å². The summed E-state index contributed by atoms with van der Waals surface area (Å²) in [5, 5.41) is 11.8. The van der Waals surface area contributed by atoms with Crippen molar-refractivity contribution in [3.05, 3.63) is 26.5 Å². The SMILES string of the molecule is CCOC(=O)CNC(=O)c1c(SC)nc2sc3c(n2c1=O)CCN(C(=O)O)C3. The lowest BCUT2D eigenvalue weighted by molar-refractivity contribution is -0.141. The van der Waals surface area contributed by atoms with Crippen LogP contribution in [0, 0.1) is 0 Å². The molecule has 2 aromatic heterocycles. The van der Waals surface area contributed by atoms with E-state index in [2.05, 4.69) is 10.3 Å². The van der Waals surface area contributed by atoms with Gasteiger partial charge in [0, 0.05) is 23.5 Å². The van der Waals surface area contributed by atoms with Crippen LogP contribution in [0.3, 0.4) is 0 Å². The quantitative estimate of drug-likeness (QED) is 0.408. The number of esters is 1. The molecule has 2 amide bonds. The molecule has 2 N–H and O–H groups in total. The van der Waals surface area contributed by atoms with Crippen molar-refractivity contribution >= 4 is 46.0 Å². The maximum Gasteiger partial charge on any atom is 0.407 e. The minimum absolute atomic E-state index is 0.143. The number of nitrogens with one attached hydrogen (secondary N) is 1. The smallest absolute Gasteiger partial charge is 0.407 e. The second kappa shape index (κ2) is 8.19. The van der Waals surface area contributed by atoms with Gasteiger partial charge in [-0.05, 0) is 13.2 Å². The number of hydrogen-bond acceptors (Lipinski definition) is 8. The van der Waals surface area contributed by atoms with Gasteiger partial charge < -0.3 is 20.1 Å². The van der Waals surface area contributed by atoms with Crippen molar-refractivity contribution in [2.45, 2.75) is 24.9 Å². The molecule has 0 aromatic carbocycles. The van der Waals surface area contributed by atoms with Gasteiger partial charge in [0.1, 0.15) is 17.1 Å². The minimum Gasteiger partial charge on any atom is -0.465 e. The van der Waals surface area contributed by atoms with Crippen LogP contribution >= 0.6 is 23.1 Å². The van der Waals surface area contributed by atoms with Gasteiger partial charge in [0.05, 0.1) is 13.2 Å². The highest BCUT2D eigenvalue weighted by molar-refractivity contribution is 7.98. The van der Waals surface area contributed by atoms with Crippen LogP contribution in [0.1, 0.15) is 27.9 Å². The average molecular weight is 426 g/mol. The van der Waals surface area contributed by atoms with E-state index < -0.39 is 23.5 Å². The fraction of sp³-hybridized carbons (Fsp3) is 0.438. The van der Waals surface area contributed by atoms with Crippen LogP contribution in [0.25, 0.3) is 4.96 Å². The van der Waals surface area contributed by atoms with Crippen molar-refractivity contribution < 1.29 is 24.2 Å². The third-order valence-corrected chi connectivity index (χ3v) is 5.92. The van der Waals surface area contributed by atoms with Crippen LogP contribution in [0.2, 0.25) is 0 Å². The summed E-state index contributed by atoms with van der Waals surface area (Å²) in [6.07, 6.45) is 1.03. The molecule has 0 spiro atoms. The zero-order chi connectivity index (χ0) is 20.4. The fourth-order valence-electron chi connectivity index (χ4n) is 2.91. The molecule has 0 fully saturated rings. The van der Waals surface area contributed by atoms with E-state index in [-0.39, 0.29) is 36.8 Å². The molecule has 0 atom stereocenters. The molecule has 0 bridgehead atoms.